The standard InChI is InChI=1S/C29H21ClN2O5/c1-16(33)37-21-12-10-20(11-13-21)32-28(35)23-24(29(32)36)26(27(34)18-6-8-19(30)9-7-18)31-15-14-17-4-2-3-5-22(17)25(23)31/h2-15,23-26H,1H3/t23-,24+,25?,26-/m0/s1. The van der Waals surface area contributed by atoms with Crippen LogP contribution in [0.2, 0.25) is 5.02 Å². The predicted molar refractivity (Wildman–Crippen MR) is 137 cm³/mol. The van der Waals surface area contributed by atoms with Crippen molar-refractivity contribution in [1.82, 2.24) is 4.90 Å². The fraction of sp³-hybridized carbons (Fsp3) is 0.172. The first-order valence-corrected chi connectivity index (χ1v) is 12.2. The molecule has 3 aromatic rings. The highest BCUT2D eigenvalue weighted by Crippen LogP contribution is 2.53. The number of nitrogens with zero attached hydrogens (tertiary/aromatic N) is 2. The van der Waals surface area contributed by atoms with Crippen LogP contribution in [0, 0.1) is 11.8 Å². The van der Waals surface area contributed by atoms with Crippen LogP contribution in [0.15, 0.2) is 79.0 Å². The molecule has 3 aliphatic rings. The van der Waals surface area contributed by atoms with E-state index < -0.39 is 35.8 Å². The van der Waals surface area contributed by atoms with Crippen molar-refractivity contribution in [2.75, 3.05) is 4.90 Å². The number of hydrogen-bond donors (Lipinski definition) is 0. The molecule has 37 heavy (non-hydrogen) atoms. The van der Waals surface area contributed by atoms with Crippen molar-refractivity contribution in [3.05, 3.63) is 101 Å². The number of esters is 1. The minimum Gasteiger partial charge on any atom is -0.427 e. The van der Waals surface area contributed by atoms with E-state index in [0.717, 1.165) is 16.0 Å². The lowest BCUT2D eigenvalue weighted by atomic mass is 9.83. The third-order valence-electron chi connectivity index (χ3n) is 7.22. The Bertz CT molecular complexity index is 1480. The third-order valence-corrected chi connectivity index (χ3v) is 7.47. The van der Waals surface area contributed by atoms with E-state index in [4.69, 9.17) is 16.3 Å². The lowest BCUT2D eigenvalue weighted by Gasteiger charge is -2.35. The fourth-order valence-corrected chi connectivity index (χ4v) is 5.85. The molecule has 2 fully saturated rings. The number of fused-ring (bicyclic) bond motifs is 5. The smallest absolute Gasteiger partial charge is 0.308 e. The number of amides is 2. The summed E-state index contributed by atoms with van der Waals surface area (Å²) in [5.74, 6) is -2.80. The quantitative estimate of drug-likeness (QED) is 0.219. The molecule has 3 aromatic carbocycles. The van der Waals surface area contributed by atoms with Crippen LogP contribution in [0.1, 0.15) is 34.5 Å². The maximum Gasteiger partial charge on any atom is 0.308 e. The lowest BCUT2D eigenvalue weighted by molar-refractivity contribution is -0.132. The second kappa shape index (κ2) is 8.71. The van der Waals surface area contributed by atoms with E-state index in [-0.39, 0.29) is 11.7 Å². The maximum absolute atomic E-state index is 13.9. The van der Waals surface area contributed by atoms with E-state index in [0.29, 0.717) is 22.0 Å². The number of Topliss-reactive ketones (excluding diaryl/α,β-unsaturated/α-hetero) is 1. The number of anilines is 1. The first-order chi connectivity index (χ1) is 17.8. The van der Waals surface area contributed by atoms with Crippen LogP contribution in [-0.4, -0.2) is 34.5 Å². The molecule has 8 heteroatoms. The molecule has 0 saturated carbocycles. The van der Waals surface area contributed by atoms with Crippen LogP contribution in [-0.2, 0) is 14.4 Å². The van der Waals surface area contributed by atoms with Gasteiger partial charge in [-0.25, -0.2) is 4.90 Å². The molecular weight excluding hydrogens is 492 g/mol. The van der Waals surface area contributed by atoms with E-state index in [9.17, 15) is 19.2 Å². The summed E-state index contributed by atoms with van der Waals surface area (Å²) in [6, 6.07) is 19.1. The van der Waals surface area contributed by atoms with Crippen molar-refractivity contribution in [3.8, 4) is 5.75 Å². The van der Waals surface area contributed by atoms with Gasteiger partial charge in [-0.15, -0.1) is 0 Å². The zero-order valence-electron chi connectivity index (χ0n) is 19.7. The molecule has 0 bridgehead atoms. The van der Waals surface area contributed by atoms with Gasteiger partial charge in [0, 0.05) is 23.7 Å². The predicted octanol–water partition coefficient (Wildman–Crippen LogP) is 4.66. The lowest BCUT2D eigenvalue weighted by Crippen LogP contribution is -2.44. The normalized spacial score (nSPS) is 23.5. The minimum absolute atomic E-state index is 0.244. The Hall–Kier alpha value is -4.23. The Labute approximate surface area is 217 Å². The van der Waals surface area contributed by atoms with Crippen LogP contribution in [0.3, 0.4) is 0 Å². The van der Waals surface area contributed by atoms with Crippen molar-refractivity contribution < 1.29 is 23.9 Å². The largest absolute Gasteiger partial charge is 0.427 e. The topological polar surface area (TPSA) is 84.0 Å². The monoisotopic (exact) mass is 512 g/mol. The average Bonchev–Trinajstić information content (AvgIpc) is 3.37. The number of rotatable bonds is 4. The number of halogens is 1. The number of carbonyl (C=O) groups excluding carboxylic acids is 4. The van der Waals surface area contributed by atoms with Gasteiger partial charge in [-0.05, 0) is 65.7 Å². The van der Waals surface area contributed by atoms with Crippen LogP contribution in [0.25, 0.3) is 6.08 Å². The van der Waals surface area contributed by atoms with Crippen molar-refractivity contribution in [2.24, 2.45) is 11.8 Å². The Kier molecular flexibility index (Phi) is 5.46. The minimum atomic E-state index is -0.871. The van der Waals surface area contributed by atoms with Crippen LogP contribution < -0.4 is 9.64 Å². The van der Waals surface area contributed by atoms with Gasteiger partial charge in [-0.1, -0.05) is 35.9 Å². The summed E-state index contributed by atoms with van der Waals surface area (Å²) in [5, 5.41) is 0.501. The summed E-state index contributed by atoms with van der Waals surface area (Å²) in [4.78, 5) is 56.0. The van der Waals surface area contributed by atoms with Crippen molar-refractivity contribution in [3.63, 3.8) is 0 Å². The van der Waals surface area contributed by atoms with E-state index in [2.05, 4.69) is 0 Å². The Morgan fingerprint density at radius 1 is 0.865 bits per heavy atom. The van der Waals surface area contributed by atoms with Crippen molar-refractivity contribution >= 4 is 46.9 Å². The summed E-state index contributed by atoms with van der Waals surface area (Å²) < 4.78 is 5.08. The molecule has 2 amide bonds. The Morgan fingerprint density at radius 3 is 2.24 bits per heavy atom. The maximum atomic E-state index is 13.9. The number of hydrogen-bond acceptors (Lipinski definition) is 6. The molecule has 7 nitrogen and oxygen atoms in total. The van der Waals surface area contributed by atoms with Gasteiger partial charge in [0.05, 0.1) is 23.6 Å². The number of imide groups is 1. The van der Waals surface area contributed by atoms with E-state index in [1.807, 2.05) is 41.4 Å². The number of ether oxygens (including phenoxy) is 1. The van der Waals surface area contributed by atoms with E-state index in [1.165, 1.54) is 19.1 Å². The van der Waals surface area contributed by atoms with Gasteiger partial charge in [-0.3, -0.25) is 19.2 Å². The molecule has 0 spiro atoms. The summed E-state index contributed by atoms with van der Waals surface area (Å²) in [5.41, 5.74) is 2.64. The van der Waals surface area contributed by atoms with Gasteiger partial charge in [0.15, 0.2) is 5.78 Å². The highest BCUT2D eigenvalue weighted by atomic mass is 35.5. The Morgan fingerprint density at radius 2 is 1.54 bits per heavy atom. The van der Waals surface area contributed by atoms with Gasteiger partial charge in [0.2, 0.25) is 11.8 Å². The van der Waals surface area contributed by atoms with Crippen LogP contribution in [0.4, 0.5) is 5.69 Å². The summed E-state index contributed by atoms with van der Waals surface area (Å²) in [6.45, 7) is 1.29. The summed E-state index contributed by atoms with van der Waals surface area (Å²) in [7, 11) is 0. The molecule has 3 heterocycles. The fourth-order valence-electron chi connectivity index (χ4n) is 5.73. The molecule has 3 aliphatic heterocycles. The van der Waals surface area contributed by atoms with Gasteiger partial charge in [-0.2, -0.15) is 0 Å². The zero-order chi connectivity index (χ0) is 25.8. The third kappa shape index (κ3) is 3.65. The molecule has 0 radical (unpaired) electrons. The molecule has 4 atom stereocenters. The molecular formula is C29H21ClN2O5. The first-order valence-electron chi connectivity index (χ1n) is 11.9. The highest BCUT2D eigenvalue weighted by Gasteiger charge is 2.64. The van der Waals surface area contributed by atoms with E-state index in [1.54, 1.807) is 36.4 Å². The van der Waals surface area contributed by atoms with Crippen molar-refractivity contribution in [1.29, 1.82) is 0 Å². The molecule has 1 unspecified atom stereocenters. The molecule has 6 rings (SSSR count). The average molecular weight is 513 g/mol. The number of carbonyl (C=O) groups is 4. The molecule has 0 aliphatic carbocycles. The van der Waals surface area contributed by atoms with Gasteiger partial charge >= 0.3 is 5.97 Å². The van der Waals surface area contributed by atoms with Gasteiger partial charge in [0.25, 0.3) is 0 Å². The van der Waals surface area contributed by atoms with Gasteiger partial charge < -0.3 is 9.64 Å². The first kappa shape index (κ1) is 23.2. The van der Waals surface area contributed by atoms with Crippen molar-refractivity contribution in [2.45, 2.75) is 19.0 Å². The second-order valence-corrected chi connectivity index (χ2v) is 9.74. The number of benzene rings is 3. The molecule has 2 saturated heterocycles. The molecule has 0 aromatic heterocycles. The highest BCUT2D eigenvalue weighted by molar-refractivity contribution is 6.30. The second-order valence-electron chi connectivity index (χ2n) is 9.30. The van der Waals surface area contributed by atoms with E-state index >= 15 is 0 Å². The number of ketones is 1. The van der Waals surface area contributed by atoms with Crippen LogP contribution >= 0.6 is 11.6 Å². The summed E-state index contributed by atoms with van der Waals surface area (Å²) in [6.07, 6.45) is 3.73. The SMILES string of the molecule is CC(=O)Oc1ccc(N2C(=O)[C@@H]3[C@H](C2=O)C2c4ccccc4C=CN2[C@@H]3C(=O)c2ccc(Cl)cc2)cc1. The molecule has 0 N–H and O–H groups in total. The summed E-state index contributed by atoms with van der Waals surface area (Å²) >= 11 is 6.03. The van der Waals surface area contributed by atoms with Gasteiger partial charge in [0.1, 0.15) is 11.8 Å². The molecule has 184 valence electrons. The zero-order valence-corrected chi connectivity index (χ0v) is 20.5. The Balaban J connectivity index is 1.44. The van der Waals surface area contributed by atoms with Crippen LogP contribution in [0.5, 0.6) is 5.75 Å².